The van der Waals surface area contributed by atoms with Crippen molar-refractivity contribution in [2.75, 3.05) is 0 Å². The van der Waals surface area contributed by atoms with Gasteiger partial charge in [-0.15, -0.1) is 13.2 Å². The lowest BCUT2D eigenvalue weighted by atomic mass is 10.3. The predicted octanol–water partition coefficient (Wildman–Crippen LogP) is 1.35. The number of aryl methyl sites for hydroxylation is 1. The molecule has 0 saturated heterocycles. The Kier molecular flexibility index (Phi) is 3.28. The molecular formula is C10H9F3N4O2. The molecule has 102 valence electrons. The molecule has 0 atom stereocenters. The highest BCUT2D eigenvalue weighted by Gasteiger charge is 2.31. The van der Waals surface area contributed by atoms with Gasteiger partial charge in [-0.1, -0.05) is 0 Å². The number of tetrazole rings is 1. The SMILES string of the molecule is CCn1nnn(-c2ccc(OC(F)(F)F)cc2)c1=O. The van der Waals surface area contributed by atoms with E-state index in [0.29, 0.717) is 12.2 Å². The van der Waals surface area contributed by atoms with Gasteiger partial charge in [0.2, 0.25) is 0 Å². The van der Waals surface area contributed by atoms with E-state index in [1.807, 2.05) is 0 Å². The molecule has 2 aromatic rings. The number of benzene rings is 1. The Hall–Kier alpha value is -2.32. The molecule has 2 rings (SSSR count). The van der Waals surface area contributed by atoms with Crippen LogP contribution in [0.5, 0.6) is 5.75 Å². The third-order valence-electron chi connectivity index (χ3n) is 2.25. The molecular weight excluding hydrogens is 265 g/mol. The van der Waals surface area contributed by atoms with Crippen molar-refractivity contribution in [1.82, 2.24) is 19.8 Å². The Morgan fingerprint density at radius 2 is 1.84 bits per heavy atom. The van der Waals surface area contributed by atoms with Crippen molar-refractivity contribution in [2.24, 2.45) is 0 Å². The molecule has 19 heavy (non-hydrogen) atoms. The maximum atomic E-state index is 12.0. The fraction of sp³-hybridized carbons (Fsp3) is 0.300. The number of hydrogen-bond acceptors (Lipinski definition) is 4. The standard InChI is InChI=1S/C10H9F3N4O2/c1-2-16-9(18)17(15-14-16)7-3-5-8(6-4-7)19-10(11,12)13/h3-6H,2H2,1H3. The van der Waals surface area contributed by atoms with Crippen LogP contribution in [0.15, 0.2) is 29.1 Å². The first kappa shape index (κ1) is 13.1. The monoisotopic (exact) mass is 274 g/mol. The topological polar surface area (TPSA) is 61.9 Å². The van der Waals surface area contributed by atoms with Crippen LogP contribution in [0.4, 0.5) is 13.2 Å². The fourth-order valence-corrected chi connectivity index (χ4v) is 1.42. The van der Waals surface area contributed by atoms with E-state index >= 15 is 0 Å². The zero-order valence-electron chi connectivity index (χ0n) is 9.76. The van der Waals surface area contributed by atoms with Gasteiger partial charge in [-0.2, -0.15) is 9.36 Å². The molecule has 9 heteroatoms. The van der Waals surface area contributed by atoms with Crippen LogP contribution in [0.25, 0.3) is 5.69 Å². The van der Waals surface area contributed by atoms with Gasteiger partial charge in [0.05, 0.1) is 5.69 Å². The molecule has 0 aliphatic rings. The molecule has 0 radical (unpaired) electrons. The van der Waals surface area contributed by atoms with Gasteiger partial charge in [0, 0.05) is 6.54 Å². The van der Waals surface area contributed by atoms with E-state index in [4.69, 9.17) is 0 Å². The lowest BCUT2D eigenvalue weighted by molar-refractivity contribution is -0.274. The average molecular weight is 274 g/mol. The fourth-order valence-electron chi connectivity index (χ4n) is 1.42. The van der Waals surface area contributed by atoms with Gasteiger partial charge in [-0.05, 0) is 41.6 Å². The summed E-state index contributed by atoms with van der Waals surface area (Å²) in [6, 6.07) is 4.77. The largest absolute Gasteiger partial charge is 0.573 e. The Balaban J connectivity index is 2.27. The zero-order valence-corrected chi connectivity index (χ0v) is 9.76. The van der Waals surface area contributed by atoms with E-state index in [-0.39, 0.29) is 5.75 Å². The molecule has 0 N–H and O–H groups in total. The lowest BCUT2D eigenvalue weighted by Gasteiger charge is -2.08. The number of nitrogens with zero attached hydrogens (tertiary/aromatic N) is 4. The van der Waals surface area contributed by atoms with Gasteiger partial charge in [-0.25, -0.2) is 4.79 Å². The zero-order chi connectivity index (χ0) is 14.0. The number of halogens is 3. The van der Waals surface area contributed by atoms with Crippen molar-refractivity contribution in [3.8, 4) is 11.4 Å². The molecule has 1 heterocycles. The van der Waals surface area contributed by atoms with E-state index in [0.717, 1.165) is 21.5 Å². The van der Waals surface area contributed by atoms with Crippen LogP contribution < -0.4 is 10.4 Å². The third-order valence-corrected chi connectivity index (χ3v) is 2.25. The number of aromatic nitrogens is 4. The smallest absolute Gasteiger partial charge is 0.406 e. The number of rotatable bonds is 3. The van der Waals surface area contributed by atoms with Crippen LogP contribution >= 0.6 is 0 Å². The van der Waals surface area contributed by atoms with Gasteiger partial charge < -0.3 is 4.74 Å². The maximum Gasteiger partial charge on any atom is 0.573 e. The highest BCUT2D eigenvalue weighted by molar-refractivity contribution is 5.36. The summed E-state index contributed by atoms with van der Waals surface area (Å²) in [5, 5.41) is 7.21. The molecule has 0 aliphatic carbocycles. The van der Waals surface area contributed by atoms with Crippen LogP contribution in [-0.2, 0) is 6.54 Å². The summed E-state index contributed by atoms with van der Waals surface area (Å²) < 4.78 is 41.8. The number of alkyl halides is 3. The molecule has 0 spiro atoms. The van der Waals surface area contributed by atoms with Crippen molar-refractivity contribution < 1.29 is 17.9 Å². The van der Waals surface area contributed by atoms with Gasteiger partial charge >= 0.3 is 12.1 Å². The highest BCUT2D eigenvalue weighted by Crippen LogP contribution is 2.23. The molecule has 0 bridgehead atoms. The first-order valence-corrected chi connectivity index (χ1v) is 5.29. The van der Waals surface area contributed by atoms with Gasteiger partial charge in [-0.3, -0.25) is 0 Å². The Morgan fingerprint density at radius 1 is 1.21 bits per heavy atom. The number of hydrogen-bond donors (Lipinski definition) is 0. The molecule has 0 saturated carbocycles. The van der Waals surface area contributed by atoms with E-state index in [2.05, 4.69) is 15.2 Å². The first-order valence-electron chi connectivity index (χ1n) is 5.29. The van der Waals surface area contributed by atoms with Crippen LogP contribution in [0.3, 0.4) is 0 Å². The van der Waals surface area contributed by atoms with Crippen LogP contribution in [-0.4, -0.2) is 26.2 Å². The maximum absolute atomic E-state index is 12.0. The van der Waals surface area contributed by atoms with E-state index in [1.165, 1.54) is 12.1 Å². The van der Waals surface area contributed by atoms with Gasteiger partial charge in [0.25, 0.3) is 0 Å². The van der Waals surface area contributed by atoms with Gasteiger partial charge in [0.1, 0.15) is 5.75 Å². The minimum absolute atomic E-state index is 0.305. The summed E-state index contributed by atoms with van der Waals surface area (Å²) in [6.45, 7) is 2.08. The first-order chi connectivity index (χ1) is 8.90. The minimum Gasteiger partial charge on any atom is -0.406 e. The second-order valence-corrected chi connectivity index (χ2v) is 3.53. The van der Waals surface area contributed by atoms with E-state index in [9.17, 15) is 18.0 Å². The molecule has 0 fully saturated rings. The van der Waals surface area contributed by atoms with Crippen LogP contribution in [0.2, 0.25) is 0 Å². The van der Waals surface area contributed by atoms with Crippen molar-refractivity contribution >= 4 is 0 Å². The van der Waals surface area contributed by atoms with Crippen LogP contribution in [0, 0.1) is 0 Å². The second kappa shape index (κ2) is 4.75. The Labute approximate surface area is 105 Å². The second-order valence-electron chi connectivity index (χ2n) is 3.53. The van der Waals surface area contributed by atoms with E-state index in [1.54, 1.807) is 6.92 Å². The molecule has 0 aliphatic heterocycles. The average Bonchev–Trinajstić information content (AvgIpc) is 2.69. The van der Waals surface area contributed by atoms with Crippen molar-refractivity contribution in [3.63, 3.8) is 0 Å². The predicted molar refractivity (Wildman–Crippen MR) is 58.0 cm³/mol. The summed E-state index contributed by atoms with van der Waals surface area (Å²) >= 11 is 0. The summed E-state index contributed by atoms with van der Waals surface area (Å²) in [7, 11) is 0. The van der Waals surface area contributed by atoms with Crippen LogP contribution in [0.1, 0.15) is 6.92 Å². The molecule has 1 aromatic carbocycles. The highest BCUT2D eigenvalue weighted by atomic mass is 19.4. The molecule has 6 nitrogen and oxygen atoms in total. The third kappa shape index (κ3) is 2.92. The van der Waals surface area contributed by atoms with Crippen molar-refractivity contribution in [2.45, 2.75) is 19.8 Å². The lowest BCUT2D eigenvalue weighted by Crippen LogP contribution is -2.23. The van der Waals surface area contributed by atoms with Gasteiger partial charge in [0.15, 0.2) is 0 Å². The van der Waals surface area contributed by atoms with Crippen molar-refractivity contribution in [1.29, 1.82) is 0 Å². The Bertz CT molecular complexity index is 615. The summed E-state index contributed by atoms with van der Waals surface area (Å²) in [4.78, 5) is 11.7. The number of ether oxygens (including phenoxy) is 1. The van der Waals surface area contributed by atoms with Crippen molar-refractivity contribution in [3.05, 3.63) is 34.7 Å². The minimum atomic E-state index is -4.75. The molecule has 1 aromatic heterocycles. The summed E-state index contributed by atoms with van der Waals surface area (Å²) in [6.07, 6.45) is -4.75. The normalized spacial score (nSPS) is 11.6. The molecule has 0 amide bonds. The quantitative estimate of drug-likeness (QED) is 0.847. The summed E-state index contributed by atoms with van der Waals surface area (Å²) in [5.74, 6) is -0.368. The van der Waals surface area contributed by atoms with E-state index < -0.39 is 12.1 Å². The molecule has 0 unspecified atom stereocenters. The Morgan fingerprint density at radius 3 is 2.32 bits per heavy atom. The summed E-state index contributed by atoms with van der Waals surface area (Å²) in [5.41, 5.74) is -0.161.